The summed E-state index contributed by atoms with van der Waals surface area (Å²) in [5, 5.41) is 3.68. The van der Waals surface area contributed by atoms with E-state index in [0.29, 0.717) is 18.5 Å². The second-order valence-electron chi connectivity index (χ2n) is 7.72. The second-order valence-corrected chi connectivity index (χ2v) is 7.72. The minimum absolute atomic E-state index is 0.0796. The van der Waals surface area contributed by atoms with Crippen molar-refractivity contribution in [1.29, 1.82) is 0 Å². The summed E-state index contributed by atoms with van der Waals surface area (Å²) in [6.07, 6.45) is -2.22. The van der Waals surface area contributed by atoms with Gasteiger partial charge in [-0.1, -0.05) is 66.7 Å². The van der Waals surface area contributed by atoms with Crippen LogP contribution in [0.15, 0.2) is 85.1 Å². The number of hydrogen-bond acceptors (Lipinski definition) is 1. The smallest absolute Gasteiger partial charge is 0.361 e. The average molecular weight is 436 g/mol. The van der Waals surface area contributed by atoms with Crippen molar-refractivity contribution >= 4 is 16.8 Å². The molecule has 3 aromatic carbocycles. The Kier molecular flexibility index (Phi) is 6.30. The molecule has 4 aromatic rings. The van der Waals surface area contributed by atoms with Crippen molar-refractivity contribution in [3.63, 3.8) is 0 Å². The maximum Gasteiger partial charge on any atom is 0.416 e. The Bertz CT molecular complexity index is 1200. The Morgan fingerprint density at radius 2 is 1.56 bits per heavy atom. The monoisotopic (exact) mass is 436 g/mol. The predicted molar refractivity (Wildman–Crippen MR) is 119 cm³/mol. The first-order valence-corrected chi connectivity index (χ1v) is 10.5. The van der Waals surface area contributed by atoms with Gasteiger partial charge < -0.3 is 10.3 Å². The molecule has 0 fully saturated rings. The largest absolute Gasteiger partial charge is 0.416 e. The van der Waals surface area contributed by atoms with Gasteiger partial charge in [0.05, 0.1) is 5.56 Å². The lowest BCUT2D eigenvalue weighted by Gasteiger charge is -2.21. The van der Waals surface area contributed by atoms with Crippen LogP contribution in [0.1, 0.15) is 34.6 Å². The van der Waals surface area contributed by atoms with Gasteiger partial charge in [-0.25, -0.2) is 0 Å². The lowest BCUT2D eigenvalue weighted by Crippen LogP contribution is -2.28. The van der Waals surface area contributed by atoms with Crippen LogP contribution in [-0.4, -0.2) is 17.4 Å². The first-order chi connectivity index (χ1) is 15.4. The van der Waals surface area contributed by atoms with Crippen LogP contribution in [0.4, 0.5) is 13.2 Å². The van der Waals surface area contributed by atoms with Crippen molar-refractivity contribution in [3.8, 4) is 0 Å². The standard InChI is InChI=1S/C26H23F3N2O/c27-26(28,29)23-12-6-4-10-19(23)21(22-17-31-24-13-7-5-11-20(22)24)16-25(32)30-15-14-18-8-2-1-3-9-18/h1-13,17,21,31H,14-16H2,(H,30,32)/t21-/m0/s1. The predicted octanol–water partition coefficient (Wildman–Crippen LogP) is 6.07. The highest BCUT2D eigenvalue weighted by molar-refractivity contribution is 5.86. The van der Waals surface area contributed by atoms with Gasteiger partial charge in [-0.2, -0.15) is 13.2 Å². The maximum absolute atomic E-state index is 13.8. The summed E-state index contributed by atoms with van der Waals surface area (Å²) in [5.74, 6) is -1.02. The van der Waals surface area contributed by atoms with Crippen molar-refractivity contribution in [2.45, 2.75) is 24.9 Å². The van der Waals surface area contributed by atoms with Crippen molar-refractivity contribution in [2.24, 2.45) is 0 Å². The molecule has 4 rings (SSSR count). The fraction of sp³-hybridized carbons (Fsp3) is 0.192. The number of carbonyl (C=O) groups excluding carboxylic acids is 1. The Balaban J connectivity index is 1.62. The number of H-pyrrole nitrogens is 1. The summed E-state index contributed by atoms with van der Waals surface area (Å²) >= 11 is 0. The number of hydrogen-bond donors (Lipinski definition) is 2. The van der Waals surface area contributed by atoms with Crippen molar-refractivity contribution in [2.75, 3.05) is 6.54 Å². The fourth-order valence-electron chi connectivity index (χ4n) is 4.08. The summed E-state index contributed by atoms with van der Waals surface area (Å²) in [5.41, 5.74) is 1.97. The zero-order valence-corrected chi connectivity index (χ0v) is 17.3. The van der Waals surface area contributed by atoms with Crippen LogP contribution in [0.2, 0.25) is 0 Å². The van der Waals surface area contributed by atoms with Crippen molar-refractivity contribution < 1.29 is 18.0 Å². The fourth-order valence-corrected chi connectivity index (χ4v) is 4.08. The number of alkyl halides is 3. The first-order valence-electron chi connectivity index (χ1n) is 10.5. The van der Waals surface area contributed by atoms with Crippen molar-refractivity contribution in [3.05, 3.63) is 107 Å². The molecule has 0 spiro atoms. The molecule has 0 aliphatic heterocycles. The molecule has 2 N–H and O–H groups in total. The van der Waals surface area contributed by atoms with Gasteiger partial charge in [0.15, 0.2) is 0 Å². The van der Waals surface area contributed by atoms with Gasteiger partial charge in [0, 0.05) is 36.0 Å². The van der Waals surface area contributed by atoms with Gasteiger partial charge in [-0.05, 0) is 35.2 Å². The Morgan fingerprint density at radius 3 is 2.34 bits per heavy atom. The van der Waals surface area contributed by atoms with E-state index in [1.54, 1.807) is 12.3 Å². The normalized spacial score (nSPS) is 12.6. The summed E-state index contributed by atoms with van der Waals surface area (Å²) in [6.45, 7) is 0.421. The Labute approximate surface area is 184 Å². The molecule has 164 valence electrons. The van der Waals surface area contributed by atoms with E-state index in [0.717, 1.165) is 22.5 Å². The van der Waals surface area contributed by atoms with Crippen LogP contribution in [0.25, 0.3) is 10.9 Å². The molecule has 0 aliphatic rings. The first kappa shape index (κ1) is 21.7. The van der Waals surface area contributed by atoms with E-state index in [4.69, 9.17) is 0 Å². The molecule has 0 saturated heterocycles. The van der Waals surface area contributed by atoms with Gasteiger partial charge in [-0.15, -0.1) is 0 Å². The van der Waals surface area contributed by atoms with Crippen LogP contribution >= 0.6 is 0 Å². The highest BCUT2D eigenvalue weighted by Crippen LogP contribution is 2.40. The maximum atomic E-state index is 13.8. The number of fused-ring (bicyclic) bond motifs is 1. The van der Waals surface area contributed by atoms with E-state index >= 15 is 0 Å². The summed E-state index contributed by atoms with van der Waals surface area (Å²) < 4.78 is 41.4. The highest BCUT2D eigenvalue weighted by atomic mass is 19.4. The van der Waals surface area contributed by atoms with Crippen LogP contribution in [0.5, 0.6) is 0 Å². The summed E-state index contributed by atoms with van der Waals surface area (Å²) in [4.78, 5) is 15.9. The lowest BCUT2D eigenvalue weighted by molar-refractivity contribution is -0.138. The minimum Gasteiger partial charge on any atom is -0.361 e. The van der Waals surface area contributed by atoms with E-state index < -0.39 is 17.7 Å². The molecule has 1 heterocycles. The van der Waals surface area contributed by atoms with Crippen LogP contribution in [0.3, 0.4) is 0 Å². The molecule has 0 saturated carbocycles. The number of aromatic amines is 1. The number of amides is 1. The number of benzene rings is 3. The lowest BCUT2D eigenvalue weighted by atomic mass is 9.85. The minimum atomic E-state index is -4.51. The number of para-hydroxylation sites is 1. The molecule has 1 atom stereocenters. The SMILES string of the molecule is O=C(C[C@@H](c1ccccc1C(F)(F)F)c1c[nH]c2ccccc12)NCCc1ccccc1. The molecule has 0 unspecified atom stereocenters. The van der Waals surface area contributed by atoms with Gasteiger partial charge in [-0.3, -0.25) is 4.79 Å². The quantitative estimate of drug-likeness (QED) is 0.363. The topological polar surface area (TPSA) is 44.9 Å². The third kappa shape index (κ3) is 4.85. The average Bonchev–Trinajstić information content (AvgIpc) is 3.22. The highest BCUT2D eigenvalue weighted by Gasteiger charge is 2.36. The number of aromatic nitrogens is 1. The second kappa shape index (κ2) is 9.30. The Hall–Kier alpha value is -3.54. The van der Waals surface area contributed by atoms with Crippen molar-refractivity contribution in [1.82, 2.24) is 10.3 Å². The third-order valence-corrected chi connectivity index (χ3v) is 5.61. The van der Waals surface area contributed by atoms with Gasteiger partial charge in [0.1, 0.15) is 0 Å². The van der Waals surface area contributed by atoms with Gasteiger partial charge in [0.25, 0.3) is 0 Å². The van der Waals surface area contributed by atoms with E-state index in [2.05, 4.69) is 10.3 Å². The molecule has 6 heteroatoms. The number of rotatable bonds is 7. The molecule has 0 aliphatic carbocycles. The number of nitrogens with one attached hydrogen (secondary N) is 2. The molecular weight excluding hydrogens is 413 g/mol. The zero-order chi connectivity index (χ0) is 22.6. The van der Waals surface area contributed by atoms with Crippen LogP contribution in [0, 0.1) is 0 Å². The van der Waals surface area contributed by atoms with Gasteiger partial charge in [0.2, 0.25) is 5.91 Å². The molecule has 1 amide bonds. The van der Waals surface area contributed by atoms with Crippen LogP contribution in [-0.2, 0) is 17.4 Å². The van der Waals surface area contributed by atoms with Gasteiger partial charge >= 0.3 is 6.18 Å². The number of carbonyl (C=O) groups is 1. The summed E-state index contributed by atoms with van der Waals surface area (Å²) in [6, 6.07) is 22.6. The molecule has 3 nitrogen and oxygen atoms in total. The molecule has 0 bridgehead atoms. The van der Waals surface area contributed by atoms with E-state index in [9.17, 15) is 18.0 Å². The molecular formula is C26H23F3N2O. The van der Waals surface area contributed by atoms with E-state index in [1.165, 1.54) is 12.1 Å². The van der Waals surface area contributed by atoms with E-state index in [1.807, 2.05) is 54.6 Å². The van der Waals surface area contributed by atoms with Crippen LogP contribution < -0.4 is 5.32 Å². The molecule has 32 heavy (non-hydrogen) atoms. The zero-order valence-electron chi connectivity index (χ0n) is 17.3. The number of halogens is 3. The third-order valence-electron chi connectivity index (χ3n) is 5.61. The Morgan fingerprint density at radius 1 is 0.875 bits per heavy atom. The molecule has 1 aromatic heterocycles. The summed E-state index contributed by atoms with van der Waals surface area (Å²) in [7, 11) is 0. The van der Waals surface area contributed by atoms with E-state index in [-0.39, 0.29) is 17.9 Å². The molecule has 0 radical (unpaired) electrons.